The summed E-state index contributed by atoms with van der Waals surface area (Å²) >= 11 is 0. The van der Waals surface area contributed by atoms with Gasteiger partial charge in [-0.2, -0.15) is 0 Å². The number of nitrogens with two attached hydrogens (primary N) is 1. The van der Waals surface area contributed by atoms with E-state index in [1.165, 1.54) is 0 Å². The van der Waals surface area contributed by atoms with Gasteiger partial charge in [-0.3, -0.25) is 0 Å². The molecule has 0 spiro atoms. The van der Waals surface area contributed by atoms with Crippen molar-refractivity contribution in [3.05, 3.63) is 36.0 Å². The van der Waals surface area contributed by atoms with Gasteiger partial charge in [-0.1, -0.05) is 0 Å². The number of anilines is 1. The van der Waals surface area contributed by atoms with Crippen LogP contribution in [0.5, 0.6) is 5.75 Å². The Morgan fingerprint density at radius 3 is 2.96 bits per heavy atom. The Morgan fingerprint density at radius 2 is 2.29 bits per heavy atom. The van der Waals surface area contributed by atoms with Crippen LogP contribution in [-0.4, -0.2) is 46.8 Å². The predicted molar refractivity (Wildman–Crippen MR) is 90.4 cm³/mol. The van der Waals surface area contributed by atoms with Gasteiger partial charge < -0.3 is 20.5 Å². The van der Waals surface area contributed by atoms with Crippen LogP contribution in [0.3, 0.4) is 0 Å². The molecule has 0 bridgehead atoms. The number of nitrogens with zero attached hydrogens (tertiary/aromatic N) is 3. The van der Waals surface area contributed by atoms with Gasteiger partial charge in [0.1, 0.15) is 11.3 Å². The molecular formula is C17H20N4O3. The van der Waals surface area contributed by atoms with Crippen molar-refractivity contribution >= 4 is 11.9 Å². The standard InChI is InChI=1S/C17H20N4O3/c1-2-24-15-4-3-11(9-13(15)16(22)23)14-5-7-19-17(20-14)21-8-6-12(18)10-21/h3-5,7,9,12H,2,6,8,10,18H2,1H3,(H,22,23)/t12-/m0/s1. The van der Waals surface area contributed by atoms with Crippen LogP contribution in [-0.2, 0) is 0 Å². The van der Waals surface area contributed by atoms with Crippen molar-refractivity contribution in [2.24, 2.45) is 5.73 Å². The van der Waals surface area contributed by atoms with Gasteiger partial charge >= 0.3 is 5.97 Å². The maximum Gasteiger partial charge on any atom is 0.339 e. The largest absolute Gasteiger partial charge is 0.493 e. The lowest BCUT2D eigenvalue weighted by Crippen LogP contribution is -2.27. The molecule has 2 heterocycles. The maximum absolute atomic E-state index is 11.5. The van der Waals surface area contributed by atoms with Crippen molar-refractivity contribution in [1.82, 2.24) is 9.97 Å². The minimum atomic E-state index is -1.03. The molecule has 1 atom stereocenters. The number of ether oxygens (including phenoxy) is 1. The molecule has 1 saturated heterocycles. The molecule has 7 heteroatoms. The molecule has 2 aromatic rings. The highest BCUT2D eigenvalue weighted by Crippen LogP contribution is 2.27. The van der Waals surface area contributed by atoms with Crippen LogP contribution in [0.15, 0.2) is 30.5 Å². The summed E-state index contributed by atoms with van der Waals surface area (Å²) in [5.74, 6) is -0.0557. The summed E-state index contributed by atoms with van der Waals surface area (Å²) in [7, 11) is 0. The Kier molecular flexibility index (Phi) is 4.61. The average molecular weight is 328 g/mol. The van der Waals surface area contributed by atoms with Crippen molar-refractivity contribution in [1.29, 1.82) is 0 Å². The summed E-state index contributed by atoms with van der Waals surface area (Å²) in [6.07, 6.45) is 2.60. The zero-order chi connectivity index (χ0) is 17.1. The molecule has 0 radical (unpaired) electrons. The summed E-state index contributed by atoms with van der Waals surface area (Å²) in [5, 5.41) is 9.39. The van der Waals surface area contributed by atoms with Gasteiger partial charge in [0.25, 0.3) is 0 Å². The van der Waals surface area contributed by atoms with Crippen LogP contribution < -0.4 is 15.4 Å². The van der Waals surface area contributed by atoms with Gasteiger partial charge in [-0.05, 0) is 37.6 Å². The van der Waals surface area contributed by atoms with Gasteiger partial charge in [0, 0.05) is 30.9 Å². The monoisotopic (exact) mass is 328 g/mol. The van der Waals surface area contributed by atoms with Crippen molar-refractivity contribution < 1.29 is 14.6 Å². The Morgan fingerprint density at radius 1 is 1.46 bits per heavy atom. The molecule has 0 saturated carbocycles. The zero-order valence-electron chi connectivity index (χ0n) is 13.5. The van der Waals surface area contributed by atoms with Gasteiger partial charge in [0.05, 0.1) is 12.3 Å². The van der Waals surface area contributed by atoms with Gasteiger partial charge in [0.2, 0.25) is 5.95 Å². The predicted octanol–water partition coefficient (Wildman–Crippen LogP) is 1.78. The molecule has 126 valence electrons. The first-order valence-electron chi connectivity index (χ1n) is 7.92. The Labute approximate surface area is 140 Å². The van der Waals surface area contributed by atoms with Gasteiger partial charge in [0.15, 0.2) is 0 Å². The first kappa shape index (κ1) is 16.2. The Balaban J connectivity index is 1.94. The number of aromatic nitrogens is 2. The molecule has 1 aromatic carbocycles. The van der Waals surface area contributed by atoms with E-state index >= 15 is 0 Å². The summed E-state index contributed by atoms with van der Waals surface area (Å²) in [4.78, 5) is 22.4. The maximum atomic E-state index is 11.5. The first-order chi connectivity index (χ1) is 11.6. The Bertz CT molecular complexity index is 750. The second-order valence-electron chi connectivity index (χ2n) is 5.69. The second-order valence-corrected chi connectivity index (χ2v) is 5.69. The normalized spacial score (nSPS) is 17.1. The molecule has 0 unspecified atom stereocenters. The summed E-state index contributed by atoms with van der Waals surface area (Å²) in [6, 6.07) is 6.95. The average Bonchev–Trinajstić information content (AvgIpc) is 3.02. The number of hydrogen-bond acceptors (Lipinski definition) is 6. The van der Waals surface area contributed by atoms with Crippen LogP contribution in [0.25, 0.3) is 11.3 Å². The molecule has 3 N–H and O–H groups in total. The van der Waals surface area contributed by atoms with Crippen molar-refractivity contribution in [2.75, 3.05) is 24.6 Å². The lowest BCUT2D eigenvalue weighted by atomic mass is 10.1. The number of hydrogen-bond donors (Lipinski definition) is 2. The topological polar surface area (TPSA) is 102 Å². The van der Waals surface area contributed by atoms with E-state index in [1.807, 2.05) is 11.8 Å². The zero-order valence-corrected chi connectivity index (χ0v) is 13.5. The Hall–Kier alpha value is -2.67. The molecule has 24 heavy (non-hydrogen) atoms. The molecule has 0 amide bonds. The van der Waals surface area contributed by atoms with E-state index < -0.39 is 5.97 Å². The van der Waals surface area contributed by atoms with Crippen LogP contribution in [0.2, 0.25) is 0 Å². The summed E-state index contributed by atoms with van der Waals surface area (Å²) in [5.41, 5.74) is 7.44. The fraction of sp³-hybridized carbons (Fsp3) is 0.353. The third-order valence-electron chi connectivity index (χ3n) is 3.96. The fourth-order valence-electron chi connectivity index (χ4n) is 2.77. The van der Waals surface area contributed by atoms with Crippen molar-refractivity contribution in [3.63, 3.8) is 0 Å². The third-order valence-corrected chi connectivity index (χ3v) is 3.96. The van der Waals surface area contributed by atoms with E-state index in [0.29, 0.717) is 29.6 Å². The molecular weight excluding hydrogens is 308 g/mol. The molecule has 3 rings (SSSR count). The molecule has 1 fully saturated rings. The van der Waals surface area contributed by atoms with E-state index in [9.17, 15) is 9.90 Å². The number of rotatable bonds is 5. The van der Waals surface area contributed by atoms with E-state index in [0.717, 1.165) is 19.5 Å². The van der Waals surface area contributed by atoms with Crippen molar-refractivity contribution in [2.45, 2.75) is 19.4 Å². The van der Waals surface area contributed by atoms with Gasteiger partial charge in [-0.15, -0.1) is 0 Å². The molecule has 1 aliphatic heterocycles. The van der Waals surface area contributed by atoms with E-state index in [1.54, 1.807) is 30.5 Å². The summed E-state index contributed by atoms with van der Waals surface area (Å²) < 4.78 is 5.37. The van der Waals surface area contributed by atoms with Crippen LogP contribution in [0.4, 0.5) is 5.95 Å². The molecule has 1 aromatic heterocycles. The van der Waals surface area contributed by atoms with Crippen LogP contribution >= 0.6 is 0 Å². The van der Waals surface area contributed by atoms with Crippen LogP contribution in [0.1, 0.15) is 23.7 Å². The fourth-order valence-corrected chi connectivity index (χ4v) is 2.77. The second kappa shape index (κ2) is 6.84. The number of benzene rings is 1. The highest BCUT2D eigenvalue weighted by Gasteiger charge is 2.21. The van der Waals surface area contributed by atoms with Crippen LogP contribution in [0, 0.1) is 0 Å². The van der Waals surface area contributed by atoms with E-state index in [-0.39, 0.29) is 11.6 Å². The SMILES string of the molecule is CCOc1ccc(-c2ccnc(N3CC[C@H](N)C3)n2)cc1C(=O)O. The van der Waals surface area contributed by atoms with Crippen molar-refractivity contribution in [3.8, 4) is 17.0 Å². The summed E-state index contributed by atoms with van der Waals surface area (Å²) in [6.45, 7) is 3.78. The number of carboxylic acids is 1. The van der Waals surface area contributed by atoms with E-state index in [2.05, 4.69) is 9.97 Å². The number of carboxylic acid groups (broad SMARTS) is 1. The quantitative estimate of drug-likeness (QED) is 0.862. The number of carbonyl (C=O) groups is 1. The number of aromatic carboxylic acids is 1. The minimum Gasteiger partial charge on any atom is -0.493 e. The lowest BCUT2D eigenvalue weighted by Gasteiger charge is -2.16. The highest BCUT2D eigenvalue weighted by atomic mass is 16.5. The van der Waals surface area contributed by atoms with E-state index in [4.69, 9.17) is 10.5 Å². The molecule has 7 nitrogen and oxygen atoms in total. The lowest BCUT2D eigenvalue weighted by molar-refractivity contribution is 0.0692. The smallest absolute Gasteiger partial charge is 0.339 e. The molecule has 0 aliphatic carbocycles. The highest BCUT2D eigenvalue weighted by molar-refractivity contribution is 5.92. The first-order valence-corrected chi connectivity index (χ1v) is 7.92. The third kappa shape index (κ3) is 3.30. The van der Waals surface area contributed by atoms with Gasteiger partial charge in [-0.25, -0.2) is 14.8 Å². The minimum absolute atomic E-state index is 0.123. The molecule has 1 aliphatic rings.